The van der Waals surface area contributed by atoms with E-state index in [1.165, 1.54) is 26.4 Å². The number of nitrogens with zero attached hydrogens (tertiary/aromatic N) is 2. The Morgan fingerprint density at radius 2 is 1.47 bits per heavy atom. The number of hydrogen-bond acceptors (Lipinski definition) is 9. The van der Waals surface area contributed by atoms with Crippen molar-refractivity contribution in [3.63, 3.8) is 0 Å². The van der Waals surface area contributed by atoms with Crippen LogP contribution >= 0.6 is 0 Å². The third kappa shape index (κ3) is 6.10. The molecule has 0 bridgehead atoms. The first kappa shape index (κ1) is 26.6. The number of aromatic nitrogens is 2. The fourth-order valence-electron chi connectivity index (χ4n) is 3.48. The number of anilines is 4. The van der Waals surface area contributed by atoms with Gasteiger partial charge in [-0.25, -0.2) is 18.4 Å². The van der Waals surface area contributed by atoms with Crippen LogP contribution in [0.15, 0.2) is 71.6 Å². The van der Waals surface area contributed by atoms with Crippen LogP contribution in [-0.2, 0) is 14.8 Å². The molecule has 0 spiro atoms. The molecule has 0 radical (unpaired) electrons. The Kier molecular flexibility index (Phi) is 7.93. The quantitative estimate of drug-likeness (QED) is 0.238. The first-order chi connectivity index (χ1) is 18.2. The molecule has 4 N–H and O–H groups in total. The highest BCUT2D eigenvalue weighted by molar-refractivity contribution is 7.92. The predicted molar refractivity (Wildman–Crippen MR) is 147 cm³/mol. The third-order valence-electron chi connectivity index (χ3n) is 5.65. The highest BCUT2D eigenvalue weighted by Crippen LogP contribution is 2.31. The molecule has 0 saturated carbocycles. The van der Waals surface area contributed by atoms with Gasteiger partial charge < -0.3 is 25.4 Å². The van der Waals surface area contributed by atoms with E-state index in [1.807, 2.05) is 6.07 Å². The Bertz CT molecular complexity index is 1560. The molecule has 198 valence electrons. The van der Waals surface area contributed by atoms with Crippen molar-refractivity contribution in [1.82, 2.24) is 15.3 Å². The molecule has 1 unspecified atom stereocenters. The van der Waals surface area contributed by atoms with E-state index < -0.39 is 16.1 Å². The van der Waals surface area contributed by atoms with E-state index in [9.17, 15) is 13.2 Å². The largest absolute Gasteiger partial charge is 0.497 e. The van der Waals surface area contributed by atoms with E-state index in [1.54, 1.807) is 62.5 Å². The number of ether oxygens (including phenoxy) is 2. The van der Waals surface area contributed by atoms with E-state index in [-0.39, 0.29) is 22.4 Å². The second-order valence-corrected chi connectivity index (χ2v) is 9.95. The summed E-state index contributed by atoms with van der Waals surface area (Å²) < 4.78 is 40.0. The minimum atomic E-state index is -4.12. The fraction of sp³-hybridized carbons (Fsp3) is 0.192. The third-order valence-corrected chi connectivity index (χ3v) is 6.99. The van der Waals surface area contributed by atoms with Crippen molar-refractivity contribution in [2.45, 2.75) is 17.9 Å². The smallest absolute Gasteiger partial charge is 0.263 e. The van der Waals surface area contributed by atoms with Crippen molar-refractivity contribution >= 4 is 50.0 Å². The normalized spacial score (nSPS) is 12.0. The number of rotatable bonds is 10. The van der Waals surface area contributed by atoms with E-state index in [2.05, 4.69) is 30.6 Å². The average Bonchev–Trinajstić information content (AvgIpc) is 2.92. The van der Waals surface area contributed by atoms with Gasteiger partial charge in [0.2, 0.25) is 5.91 Å². The van der Waals surface area contributed by atoms with Gasteiger partial charge in [-0.05, 0) is 44.3 Å². The second kappa shape index (κ2) is 11.3. The summed E-state index contributed by atoms with van der Waals surface area (Å²) in [4.78, 5) is 21.3. The molecule has 11 nitrogen and oxygen atoms in total. The van der Waals surface area contributed by atoms with Crippen molar-refractivity contribution in [3.8, 4) is 11.5 Å². The Balaban J connectivity index is 1.71. The molecule has 1 atom stereocenters. The van der Waals surface area contributed by atoms with Crippen molar-refractivity contribution in [1.29, 1.82) is 0 Å². The molecule has 0 aliphatic carbocycles. The van der Waals surface area contributed by atoms with Crippen molar-refractivity contribution in [2.75, 3.05) is 36.6 Å². The van der Waals surface area contributed by atoms with E-state index in [0.717, 1.165) is 0 Å². The maximum atomic E-state index is 13.4. The number of benzene rings is 3. The van der Waals surface area contributed by atoms with Gasteiger partial charge in [0.1, 0.15) is 11.5 Å². The number of fused-ring (bicyclic) bond motifs is 1. The van der Waals surface area contributed by atoms with Crippen LogP contribution in [0.25, 0.3) is 11.0 Å². The molecule has 3 aromatic carbocycles. The molecular formula is C26H28N6O5S. The summed E-state index contributed by atoms with van der Waals surface area (Å²) in [6.45, 7) is 1.70. The molecular weight excluding hydrogens is 508 g/mol. The lowest BCUT2D eigenvalue weighted by molar-refractivity contribution is -0.117. The Morgan fingerprint density at radius 1 is 0.842 bits per heavy atom. The standard InChI is InChI=1S/C26H28N6O5S/c1-16(27-2)26(33)29-17-8-7-9-21(14-17)38(34,35)32-25-24(30-22-10-5-6-11-23(22)31-25)28-18-12-19(36-3)15-20(13-18)37-4/h5-16,27H,1-4H3,(H,28,30)(H,29,33)(H,31,32). The Morgan fingerprint density at radius 3 is 2.08 bits per heavy atom. The van der Waals surface area contributed by atoms with Gasteiger partial charge in [-0.3, -0.25) is 9.52 Å². The van der Waals surface area contributed by atoms with E-state index in [0.29, 0.717) is 33.9 Å². The topological polar surface area (TPSA) is 144 Å². The number of para-hydroxylation sites is 2. The molecule has 1 aromatic heterocycles. The first-order valence-electron chi connectivity index (χ1n) is 11.6. The highest BCUT2D eigenvalue weighted by atomic mass is 32.2. The van der Waals surface area contributed by atoms with Gasteiger partial charge in [-0.2, -0.15) is 0 Å². The zero-order valence-corrected chi connectivity index (χ0v) is 22.1. The maximum absolute atomic E-state index is 13.4. The van der Waals surface area contributed by atoms with Crippen LogP contribution in [0.2, 0.25) is 0 Å². The number of carbonyl (C=O) groups excluding carboxylic acids is 1. The van der Waals surface area contributed by atoms with Crippen molar-refractivity contribution in [3.05, 3.63) is 66.7 Å². The molecule has 0 aliphatic rings. The average molecular weight is 537 g/mol. The molecule has 1 amide bonds. The molecule has 4 rings (SSSR count). The molecule has 0 fully saturated rings. The number of methoxy groups -OCH3 is 2. The van der Waals surface area contributed by atoms with Crippen LogP contribution in [0.5, 0.6) is 11.5 Å². The molecule has 12 heteroatoms. The summed E-state index contributed by atoms with van der Waals surface area (Å²) in [5.74, 6) is 0.942. The van der Waals surface area contributed by atoms with Crippen molar-refractivity contribution < 1.29 is 22.7 Å². The molecule has 0 saturated heterocycles. The summed E-state index contributed by atoms with van der Waals surface area (Å²) in [6, 6.07) is 17.8. The summed E-state index contributed by atoms with van der Waals surface area (Å²) in [5, 5.41) is 8.66. The minimum Gasteiger partial charge on any atom is -0.497 e. The van der Waals surface area contributed by atoms with E-state index in [4.69, 9.17) is 9.47 Å². The monoisotopic (exact) mass is 536 g/mol. The lowest BCUT2D eigenvalue weighted by atomic mass is 10.2. The second-order valence-electron chi connectivity index (χ2n) is 8.27. The van der Waals surface area contributed by atoms with Crippen LogP contribution in [0.4, 0.5) is 23.0 Å². The Labute approximate surface area is 220 Å². The molecule has 0 aliphatic heterocycles. The fourth-order valence-corrected chi connectivity index (χ4v) is 4.54. The number of hydrogen-bond donors (Lipinski definition) is 4. The molecule has 38 heavy (non-hydrogen) atoms. The van der Waals surface area contributed by atoms with Crippen LogP contribution < -0.4 is 30.1 Å². The lowest BCUT2D eigenvalue weighted by Gasteiger charge is -2.16. The van der Waals surface area contributed by atoms with Gasteiger partial charge in [-0.15, -0.1) is 0 Å². The van der Waals surface area contributed by atoms with Gasteiger partial charge in [0, 0.05) is 29.6 Å². The molecule has 4 aromatic rings. The number of nitrogens with one attached hydrogen (secondary N) is 4. The van der Waals surface area contributed by atoms with Gasteiger partial charge in [0.25, 0.3) is 10.0 Å². The number of carbonyl (C=O) groups is 1. The predicted octanol–water partition coefficient (Wildman–Crippen LogP) is 3.74. The van der Waals surface area contributed by atoms with Gasteiger partial charge >= 0.3 is 0 Å². The SMILES string of the molecule is CNC(C)C(=O)Nc1cccc(S(=O)(=O)Nc2nc3ccccc3nc2Nc2cc(OC)cc(OC)c2)c1. The molecule has 1 heterocycles. The summed E-state index contributed by atoms with van der Waals surface area (Å²) in [7, 11) is 0.608. The maximum Gasteiger partial charge on any atom is 0.263 e. The number of likely N-dealkylation sites (N-methyl/N-ethyl adjacent to an activating group) is 1. The van der Waals surface area contributed by atoms with E-state index >= 15 is 0 Å². The number of sulfonamides is 1. The summed E-state index contributed by atoms with van der Waals surface area (Å²) in [5.41, 5.74) is 1.96. The lowest BCUT2D eigenvalue weighted by Crippen LogP contribution is -2.35. The Hall–Kier alpha value is -4.42. The van der Waals surface area contributed by atoms with Crippen molar-refractivity contribution in [2.24, 2.45) is 0 Å². The van der Waals surface area contributed by atoms with Gasteiger partial charge in [0.05, 0.1) is 36.2 Å². The summed E-state index contributed by atoms with van der Waals surface area (Å²) >= 11 is 0. The first-order valence-corrected chi connectivity index (χ1v) is 13.1. The zero-order chi connectivity index (χ0) is 27.3. The zero-order valence-electron chi connectivity index (χ0n) is 21.3. The van der Waals surface area contributed by atoms with Crippen LogP contribution in [-0.4, -0.2) is 51.6 Å². The highest BCUT2D eigenvalue weighted by Gasteiger charge is 2.20. The summed E-state index contributed by atoms with van der Waals surface area (Å²) in [6.07, 6.45) is 0. The number of amides is 1. The van der Waals surface area contributed by atoms with Gasteiger partial charge in [-0.1, -0.05) is 18.2 Å². The van der Waals surface area contributed by atoms with Gasteiger partial charge in [0.15, 0.2) is 11.6 Å². The van der Waals surface area contributed by atoms with Crippen LogP contribution in [0.1, 0.15) is 6.92 Å². The van der Waals surface area contributed by atoms with Crippen LogP contribution in [0.3, 0.4) is 0 Å². The van der Waals surface area contributed by atoms with Crippen LogP contribution in [0, 0.1) is 0 Å². The minimum absolute atomic E-state index is 0.0104.